The lowest BCUT2D eigenvalue weighted by molar-refractivity contribution is -0.130. The zero-order chi connectivity index (χ0) is 16.1. The van der Waals surface area contributed by atoms with Crippen LogP contribution in [0.2, 0.25) is 0 Å². The molecule has 1 aliphatic heterocycles. The minimum absolute atomic E-state index is 0.00758. The highest BCUT2D eigenvalue weighted by atomic mass is 16.5. The fourth-order valence-electron chi connectivity index (χ4n) is 2.62. The van der Waals surface area contributed by atoms with Crippen LogP contribution in [-0.2, 0) is 4.79 Å². The molecule has 23 heavy (non-hydrogen) atoms. The van der Waals surface area contributed by atoms with Crippen molar-refractivity contribution in [3.63, 3.8) is 0 Å². The van der Waals surface area contributed by atoms with E-state index in [9.17, 15) is 9.59 Å². The van der Waals surface area contributed by atoms with Crippen LogP contribution in [0.1, 0.15) is 29.8 Å². The van der Waals surface area contributed by atoms with Crippen molar-refractivity contribution in [3.8, 4) is 11.3 Å². The molecule has 0 atom stereocenters. The Kier molecular flexibility index (Phi) is 4.71. The summed E-state index contributed by atoms with van der Waals surface area (Å²) in [7, 11) is 0. The summed E-state index contributed by atoms with van der Waals surface area (Å²) in [5, 5.41) is 6.38. The normalized spacial score (nSPS) is 14.5. The molecule has 3 rings (SSSR count). The molecule has 0 spiro atoms. The van der Waals surface area contributed by atoms with E-state index in [0.717, 1.165) is 37.9 Å². The number of piperidine rings is 1. The van der Waals surface area contributed by atoms with Gasteiger partial charge in [0.2, 0.25) is 5.91 Å². The van der Waals surface area contributed by atoms with E-state index in [1.807, 2.05) is 30.3 Å². The molecule has 120 valence electrons. The monoisotopic (exact) mass is 313 g/mol. The highest BCUT2D eigenvalue weighted by molar-refractivity contribution is 5.95. The van der Waals surface area contributed by atoms with Crippen molar-refractivity contribution in [2.45, 2.75) is 19.3 Å². The second kappa shape index (κ2) is 7.09. The van der Waals surface area contributed by atoms with E-state index in [2.05, 4.69) is 10.5 Å². The van der Waals surface area contributed by atoms with Gasteiger partial charge in [-0.05, 0) is 19.3 Å². The molecule has 2 heterocycles. The van der Waals surface area contributed by atoms with Crippen molar-refractivity contribution in [2.75, 3.05) is 19.6 Å². The fourth-order valence-corrected chi connectivity index (χ4v) is 2.62. The Morgan fingerprint density at radius 3 is 2.61 bits per heavy atom. The number of benzene rings is 1. The van der Waals surface area contributed by atoms with Gasteiger partial charge in [0.25, 0.3) is 5.91 Å². The van der Waals surface area contributed by atoms with E-state index in [-0.39, 0.29) is 18.1 Å². The van der Waals surface area contributed by atoms with Crippen LogP contribution in [0.15, 0.2) is 40.9 Å². The summed E-state index contributed by atoms with van der Waals surface area (Å²) in [6, 6.07) is 11.0. The average molecular weight is 313 g/mol. The molecule has 1 N–H and O–H groups in total. The van der Waals surface area contributed by atoms with Gasteiger partial charge in [0.1, 0.15) is 0 Å². The van der Waals surface area contributed by atoms with Crippen molar-refractivity contribution >= 4 is 11.8 Å². The zero-order valence-corrected chi connectivity index (χ0v) is 12.8. The first-order valence-corrected chi connectivity index (χ1v) is 7.82. The minimum atomic E-state index is -0.402. The summed E-state index contributed by atoms with van der Waals surface area (Å²) in [4.78, 5) is 25.9. The Hall–Kier alpha value is -2.63. The lowest BCUT2D eigenvalue weighted by atomic mass is 10.1. The number of hydrogen-bond acceptors (Lipinski definition) is 4. The summed E-state index contributed by atoms with van der Waals surface area (Å²) < 4.78 is 5.19. The van der Waals surface area contributed by atoms with Gasteiger partial charge in [0.05, 0.1) is 6.54 Å². The molecule has 1 saturated heterocycles. The minimum Gasteiger partial charge on any atom is -0.355 e. The van der Waals surface area contributed by atoms with Crippen LogP contribution in [-0.4, -0.2) is 41.5 Å². The van der Waals surface area contributed by atoms with Crippen LogP contribution in [0.5, 0.6) is 0 Å². The largest absolute Gasteiger partial charge is 0.355 e. The van der Waals surface area contributed by atoms with E-state index in [1.54, 1.807) is 11.0 Å². The standard InChI is InChI=1S/C17H19N3O3/c21-16(20-9-5-2-6-10-20)12-18-17(22)14-11-15(23-19-14)13-7-3-1-4-8-13/h1,3-4,7-8,11H,2,5-6,9-10,12H2,(H,18,22). The van der Waals surface area contributed by atoms with Crippen LogP contribution in [0, 0.1) is 0 Å². The molecule has 0 unspecified atom stereocenters. The second-order valence-corrected chi connectivity index (χ2v) is 5.57. The van der Waals surface area contributed by atoms with Crippen molar-refractivity contribution < 1.29 is 14.1 Å². The maximum Gasteiger partial charge on any atom is 0.273 e. The molecular formula is C17H19N3O3. The maximum atomic E-state index is 12.1. The first-order valence-electron chi connectivity index (χ1n) is 7.82. The Morgan fingerprint density at radius 1 is 1.13 bits per heavy atom. The van der Waals surface area contributed by atoms with Gasteiger partial charge in [-0.15, -0.1) is 0 Å². The molecule has 2 amide bonds. The smallest absolute Gasteiger partial charge is 0.273 e. The molecule has 0 aliphatic carbocycles. The summed E-state index contributed by atoms with van der Waals surface area (Å²) in [5.74, 6) is 0.0734. The predicted octanol–water partition coefficient (Wildman–Crippen LogP) is 2.08. The Morgan fingerprint density at radius 2 is 1.87 bits per heavy atom. The Labute approximate surface area is 134 Å². The predicted molar refractivity (Wildman–Crippen MR) is 84.7 cm³/mol. The van der Waals surface area contributed by atoms with Gasteiger partial charge >= 0.3 is 0 Å². The highest BCUT2D eigenvalue weighted by Gasteiger charge is 2.19. The third-order valence-electron chi connectivity index (χ3n) is 3.91. The number of carbonyl (C=O) groups is 2. The number of amides is 2. The van der Waals surface area contributed by atoms with Crippen molar-refractivity contribution in [1.29, 1.82) is 0 Å². The third kappa shape index (κ3) is 3.77. The lowest BCUT2D eigenvalue weighted by Crippen LogP contribution is -2.42. The van der Waals surface area contributed by atoms with Crippen molar-refractivity contribution in [3.05, 3.63) is 42.1 Å². The summed E-state index contributed by atoms with van der Waals surface area (Å²) >= 11 is 0. The van der Waals surface area contributed by atoms with Crippen LogP contribution >= 0.6 is 0 Å². The molecule has 1 aromatic carbocycles. The van der Waals surface area contributed by atoms with Gasteiger partial charge in [0.15, 0.2) is 11.5 Å². The maximum absolute atomic E-state index is 12.1. The first kappa shape index (κ1) is 15.3. The fraction of sp³-hybridized carbons (Fsp3) is 0.353. The molecule has 1 aromatic heterocycles. The molecule has 1 aliphatic rings. The van der Waals surface area contributed by atoms with Crippen LogP contribution in [0.3, 0.4) is 0 Å². The molecule has 6 nitrogen and oxygen atoms in total. The summed E-state index contributed by atoms with van der Waals surface area (Å²) in [6.07, 6.45) is 3.23. The SMILES string of the molecule is O=C(NCC(=O)N1CCCCC1)c1cc(-c2ccccc2)on1. The molecule has 0 bridgehead atoms. The average Bonchev–Trinajstić information content (AvgIpc) is 3.11. The third-order valence-corrected chi connectivity index (χ3v) is 3.91. The van der Waals surface area contributed by atoms with E-state index in [1.165, 1.54) is 0 Å². The van der Waals surface area contributed by atoms with Gasteiger partial charge in [0, 0.05) is 24.7 Å². The van der Waals surface area contributed by atoms with E-state index >= 15 is 0 Å². The van der Waals surface area contributed by atoms with Crippen molar-refractivity contribution in [1.82, 2.24) is 15.4 Å². The molecule has 6 heteroatoms. The van der Waals surface area contributed by atoms with Crippen LogP contribution in [0.25, 0.3) is 11.3 Å². The van der Waals surface area contributed by atoms with Gasteiger partial charge in [-0.3, -0.25) is 9.59 Å². The molecular weight excluding hydrogens is 294 g/mol. The van der Waals surface area contributed by atoms with E-state index < -0.39 is 5.91 Å². The van der Waals surface area contributed by atoms with Gasteiger partial charge in [-0.1, -0.05) is 35.5 Å². The summed E-state index contributed by atoms with van der Waals surface area (Å²) in [5.41, 5.74) is 1.03. The zero-order valence-electron chi connectivity index (χ0n) is 12.8. The number of aromatic nitrogens is 1. The van der Waals surface area contributed by atoms with E-state index in [0.29, 0.717) is 5.76 Å². The summed E-state index contributed by atoms with van der Waals surface area (Å²) in [6.45, 7) is 1.54. The Balaban J connectivity index is 1.56. The number of nitrogens with one attached hydrogen (secondary N) is 1. The Bertz CT molecular complexity index is 675. The van der Waals surface area contributed by atoms with E-state index in [4.69, 9.17) is 4.52 Å². The lowest BCUT2D eigenvalue weighted by Gasteiger charge is -2.26. The van der Waals surface area contributed by atoms with Crippen molar-refractivity contribution in [2.24, 2.45) is 0 Å². The quantitative estimate of drug-likeness (QED) is 0.937. The molecule has 1 fully saturated rings. The number of likely N-dealkylation sites (tertiary alicyclic amines) is 1. The van der Waals surface area contributed by atoms with Gasteiger partial charge in [-0.2, -0.15) is 0 Å². The molecule has 0 saturated carbocycles. The van der Waals surface area contributed by atoms with Crippen LogP contribution < -0.4 is 5.32 Å². The number of hydrogen-bond donors (Lipinski definition) is 1. The number of carbonyl (C=O) groups excluding carboxylic acids is 2. The highest BCUT2D eigenvalue weighted by Crippen LogP contribution is 2.19. The van der Waals surface area contributed by atoms with Crippen LogP contribution in [0.4, 0.5) is 0 Å². The molecule has 0 radical (unpaired) electrons. The van der Waals surface area contributed by atoms with Gasteiger partial charge < -0.3 is 14.7 Å². The first-order chi connectivity index (χ1) is 11.2. The van der Waals surface area contributed by atoms with Gasteiger partial charge in [-0.25, -0.2) is 0 Å². The molecule has 2 aromatic rings. The number of nitrogens with zero attached hydrogens (tertiary/aromatic N) is 2. The second-order valence-electron chi connectivity index (χ2n) is 5.57. The number of rotatable bonds is 4. The topological polar surface area (TPSA) is 75.4 Å².